The van der Waals surface area contributed by atoms with Crippen molar-refractivity contribution in [3.05, 3.63) is 119 Å². The van der Waals surface area contributed by atoms with E-state index in [0.717, 1.165) is 6.42 Å². The molecular formula is C25H22S. The van der Waals surface area contributed by atoms with E-state index in [1.807, 2.05) is 11.8 Å². The summed E-state index contributed by atoms with van der Waals surface area (Å²) in [4.78, 5) is 1.36. The van der Waals surface area contributed by atoms with Gasteiger partial charge in [-0.1, -0.05) is 97.9 Å². The van der Waals surface area contributed by atoms with Crippen molar-refractivity contribution in [2.75, 3.05) is 0 Å². The van der Waals surface area contributed by atoms with Gasteiger partial charge in [-0.15, -0.1) is 11.8 Å². The summed E-state index contributed by atoms with van der Waals surface area (Å²) in [5.74, 6) is 0. The summed E-state index contributed by atoms with van der Waals surface area (Å²) in [7, 11) is 0. The average Bonchev–Trinajstić information content (AvgIpc) is 2.74. The summed E-state index contributed by atoms with van der Waals surface area (Å²) in [5, 5.41) is 0.314. The Balaban J connectivity index is 1.89. The first-order valence-electron chi connectivity index (χ1n) is 9.14. The van der Waals surface area contributed by atoms with Gasteiger partial charge in [0.2, 0.25) is 0 Å². The Bertz CT molecular complexity index is 922. The van der Waals surface area contributed by atoms with E-state index in [0.29, 0.717) is 5.25 Å². The summed E-state index contributed by atoms with van der Waals surface area (Å²) in [6.07, 6.45) is 3.42. The van der Waals surface area contributed by atoms with Gasteiger partial charge in [0.25, 0.3) is 0 Å². The van der Waals surface area contributed by atoms with Crippen LogP contribution in [0.2, 0.25) is 0 Å². The first-order chi connectivity index (χ1) is 12.9. The highest BCUT2D eigenvalue weighted by Gasteiger charge is 2.27. The van der Waals surface area contributed by atoms with Gasteiger partial charge in [0, 0.05) is 4.91 Å². The van der Waals surface area contributed by atoms with Crippen molar-refractivity contribution < 1.29 is 0 Å². The fourth-order valence-electron chi connectivity index (χ4n) is 3.49. The van der Waals surface area contributed by atoms with Crippen LogP contribution >= 0.6 is 11.8 Å². The van der Waals surface area contributed by atoms with Crippen molar-refractivity contribution in [2.24, 2.45) is 0 Å². The molecule has 0 fully saturated rings. The van der Waals surface area contributed by atoms with Crippen molar-refractivity contribution in [3.63, 3.8) is 0 Å². The van der Waals surface area contributed by atoms with E-state index in [2.05, 4.69) is 104 Å². The maximum Gasteiger partial charge on any atom is 0.0602 e. The molecule has 0 nitrogen and oxygen atoms in total. The van der Waals surface area contributed by atoms with Gasteiger partial charge in [0.15, 0.2) is 0 Å². The number of hydrogen-bond acceptors (Lipinski definition) is 1. The Morgan fingerprint density at radius 1 is 0.692 bits per heavy atom. The third kappa shape index (κ3) is 3.40. The second kappa shape index (κ2) is 7.80. The van der Waals surface area contributed by atoms with E-state index in [1.54, 1.807) is 0 Å². The lowest BCUT2D eigenvalue weighted by atomic mass is 9.91. The Kier molecular flexibility index (Phi) is 5.08. The van der Waals surface area contributed by atoms with E-state index in [9.17, 15) is 0 Å². The minimum atomic E-state index is 0.314. The second-order valence-electron chi connectivity index (χ2n) is 6.44. The topological polar surface area (TPSA) is 0 Å². The molecule has 0 N–H and O–H groups in total. The normalized spacial score (nSPS) is 17.1. The molecule has 0 amide bonds. The number of allylic oxidation sites excluding steroid dienone is 2. The molecule has 26 heavy (non-hydrogen) atoms. The van der Waals surface area contributed by atoms with Crippen LogP contribution in [0.25, 0.3) is 10.5 Å². The van der Waals surface area contributed by atoms with Crippen LogP contribution in [0.5, 0.6) is 0 Å². The molecule has 0 saturated heterocycles. The molecule has 0 spiro atoms. The smallest absolute Gasteiger partial charge is 0.0602 e. The van der Waals surface area contributed by atoms with Crippen LogP contribution in [0.15, 0.2) is 103 Å². The molecule has 1 atom stereocenters. The van der Waals surface area contributed by atoms with Gasteiger partial charge in [-0.2, -0.15) is 0 Å². The fraction of sp³-hybridized carbons (Fsp3) is 0.120. The molecule has 0 aromatic heterocycles. The highest BCUT2D eigenvalue weighted by Crippen LogP contribution is 2.52. The van der Waals surface area contributed by atoms with Gasteiger partial charge in [0.1, 0.15) is 0 Å². The monoisotopic (exact) mass is 354 g/mol. The molecule has 0 saturated carbocycles. The predicted molar refractivity (Wildman–Crippen MR) is 115 cm³/mol. The predicted octanol–water partition coefficient (Wildman–Crippen LogP) is 7.38. The first kappa shape index (κ1) is 16.9. The third-order valence-corrected chi connectivity index (χ3v) is 6.14. The Morgan fingerprint density at radius 3 is 1.81 bits per heavy atom. The van der Waals surface area contributed by atoms with Crippen molar-refractivity contribution >= 4 is 22.2 Å². The van der Waals surface area contributed by atoms with Crippen molar-refractivity contribution in [1.29, 1.82) is 0 Å². The van der Waals surface area contributed by atoms with Gasteiger partial charge in [0.05, 0.1) is 5.25 Å². The van der Waals surface area contributed by atoms with Gasteiger partial charge in [-0.25, -0.2) is 0 Å². The standard InChI is InChI=1S/C25H22S/c1-2-19-18-23(20-12-6-3-7-13-20)26-25(22-16-10-5-11-17-22)24(19)21-14-8-4-9-15-21/h3-18,25H,2H2,1H3. The lowest BCUT2D eigenvalue weighted by Gasteiger charge is -2.29. The quantitative estimate of drug-likeness (QED) is 0.471. The van der Waals surface area contributed by atoms with Crippen molar-refractivity contribution in [2.45, 2.75) is 18.6 Å². The van der Waals surface area contributed by atoms with Crippen LogP contribution in [0.4, 0.5) is 0 Å². The molecule has 3 aromatic carbocycles. The van der Waals surface area contributed by atoms with Gasteiger partial charge < -0.3 is 0 Å². The Morgan fingerprint density at radius 2 is 1.23 bits per heavy atom. The van der Waals surface area contributed by atoms with Gasteiger partial charge >= 0.3 is 0 Å². The largest absolute Gasteiger partial charge is 0.112 e. The molecule has 3 aromatic rings. The SMILES string of the molecule is CCC1=C(c2ccccc2)C(c2ccccc2)SC(c2ccccc2)=C1. The minimum absolute atomic E-state index is 0.314. The molecule has 1 aliphatic heterocycles. The summed E-state index contributed by atoms with van der Waals surface area (Å²) in [6, 6.07) is 32.5. The van der Waals surface area contributed by atoms with Gasteiger partial charge in [-0.3, -0.25) is 0 Å². The maximum absolute atomic E-state index is 2.39. The van der Waals surface area contributed by atoms with Crippen molar-refractivity contribution in [3.8, 4) is 0 Å². The van der Waals surface area contributed by atoms with Crippen LogP contribution in [0.3, 0.4) is 0 Å². The Labute approximate surface area is 160 Å². The average molecular weight is 355 g/mol. The van der Waals surface area contributed by atoms with Crippen LogP contribution in [0, 0.1) is 0 Å². The zero-order chi connectivity index (χ0) is 17.8. The summed E-state index contributed by atoms with van der Waals surface area (Å²) >= 11 is 1.96. The fourth-order valence-corrected chi connectivity index (χ4v) is 4.92. The molecule has 128 valence electrons. The van der Waals surface area contributed by atoms with E-state index in [-0.39, 0.29) is 0 Å². The molecule has 1 unspecified atom stereocenters. The molecule has 4 rings (SSSR count). The summed E-state index contributed by atoms with van der Waals surface area (Å²) in [6.45, 7) is 2.26. The van der Waals surface area contributed by atoms with Crippen LogP contribution in [0.1, 0.15) is 35.3 Å². The summed E-state index contributed by atoms with van der Waals surface area (Å²) in [5.41, 5.74) is 6.88. The van der Waals surface area contributed by atoms with E-state index < -0.39 is 0 Å². The number of rotatable bonds is 4. The van der Waals surface area contributed by atoms with Gasteiger partial charge in [-0.05, 0) is 40.3 Å². The first-order valence-corrected chi connectivity index (χ1v) is 10.0. The Hall–Kier alpha value is -2.51. The van der Waals surface area contributed by atoms with E-state index in [1.165, 1.54) is 32.7 Å². The number of thioether (sulfide) groups is 1. The molecule has 0 aliphatic carbocycles. The number of hydrogen-bond donors (Lipinski definition) is 0. The molecule has 1 heteroatoms. The highest BCUT2D eigenvalue weighted by molar-refractivity contribution is 8.09. The molecule has 1 aliphatic rings. The lowest BCUT2D eigenvalue weighted by molar-refractivity contribution is 1.11. The molecular weight excluding hydrogens is 332 g/mol. The van der Waals surface area contributed by atoms with Crippen molar-refractivity contribution in [1.82, 2.24) is 0 Å². The number of benzene rings is 3. The lowest BCUT2D eigenvalue weighted by Crippen LogP contribution is -2.06. The minimum Gasteiger partial charge on any atom is -0.112 e. The van der Waals surface area contributed by atoms with Crippen LogP contribution in [-0.4, -0.2) is 0 Å². The summed E-state index contributed by atoms with van der Waals surface area (Å²) < 4.78 is 0. The molecule has 0 radical (unpaired) electrons. The van der Waals surface area contributed by atoms with E-state index >= 15 is 0 Å². The van der Waals surface area contributed by atoms with Crippen LogP contribution in [-0.2, 0) is 0 Å². The van der Waals surface area contributed by atoms with Crippen LogP contribution < -0.4 is 0 Å². The zero-order valence-corrected chi connectivity index (χ0v) is 15.7. The molecule has 0 bridgehead atoms. The maximum atomic E-state index is 2.39. The zero-order valence-electron chi connectivity index (χ0n) is 14.9. The highest BCUT2D eigenvalue weighted by atomic mass is 32.2. The molecule has 1 heterocycles. The second-order valence-corrected chi connectivity index (χ2v) is 7.59. The third-order valence-electron chi connectivity index (χ3n) is 4.78. The van der Waals surface area contributed by atoms with E-state index in [4.69, 9.17) is 0 Å².